The van der Waals surface area contributed by atoms with Crippen molar-refractivity contribution in [3.8, 4) is 6.07 Å². The zero-order valence-corrected chi connectivity index (χ0v) is 19.0. The fraction of sp³-hybridized carbons (Fsp3) is 0.583. The van der Waals surface area contributed by atoms with Crippen molar-refractivity contribution in [2.45, 2.75) is 62.4 Å². The Bertz CT molecular complexity index is 1040. The molecular weight excluding hydrogens is 420 g/mol. The number of likely N-dealkylation sites (tertiary alicyclic amines) is 3. The van der Waals surface area contributed by atoms with E-state index in [1.807, 2.05) is 34.9 Å². The van der Waals surface area contributed by atoms with Gasteiger partial charge in [-0.3, -0.25) is 19.3 Å². The van der Waals surface area contributed by atoms with E-state index in [0.29, 0.717) is 31.0 Å². The standard InChI is InChI=1S/C24H30N6O3/c1-13(14-4-3-5-15(6-14)22(31)27-2)29-18-9-21(24(29)33)28(11-18)12-19(26)23(32)30-17(10-25)7-16-8-20(16)30/h3-6,13,16-21H,7-9,11-12,26H2,1-2H3,(H,27,31)/t13-,16?,17-,18-,19-,20-,21-/m0/s1. The Morgan fingerprint density at radius 3 is 2.79 bits per heavy atom. The van der Waals surface area contributed by atoms with Crippen LogP contribution in [0.5, 0.6) is 0 Å². The molecule has 2 bridgehead atoms. The van der Waals surface area contributed by atoms with Crippen LogP contribution in [-0.4, -0.2) is 82.8 Å². The lowest BCUT2D eigenvalue weighted by Gasteiger charge is -2.38. The van der Waals surface area contributed by atoms with E-state index in [9.17, 15) is 19.6 Å². The average Bonchev–Trinajstić information content (AvgIpc) is 3.15. The molecule has 33 heavy (non-hydrogen) atoms. The number of nitrogens with one attached hydrogen (secondary N) is 1. The van der Waals surface area contributed by atoms with Crippen LogP contribution in [-0.2, 0) is 9.59 Å². The molecule has 3 amide bonds. The van der Waals surface area contributed by atoms with Gasteiger partial charge in [0.25, 0.3) is 5.91 Å². The largest absolute Gasteiger partial charge is 0.355 e. The van der Waals surface area contributed by atoms with E-state index in [2.05, 4.69) is 11.4 Å². The molecule has 7 atom stereocenters. The molecule has 0 spiro atoms. The number of fused-ring (bicyclic) bond motifs is 3. The number of piperidine rings is 1. The fourth-order valence-corrected chi connectivity index (χ4v) is 6.05. The maximum Gasteiger partial charge on any atom is 0.251 e. The zero-order valence-electron chi connectivity index (χ0n) is 19.0. The summed E-state index contributed by atoms with van der Waals surface area (Å²) in [5.41, 5.74) is 7.78. The Morgan fingerprint density at radius 1 is 1.30 bits per heavy atom. The smallest absolute Gasteiger partial charge is 0.251 e. The highest BCUT2D eigenvalue weighted by Crippen LogP contribution is 2.48. The first kappa shape index (κ1) is 21.9. The first-order valence-corrected chi connectivity index (χ1v) is 11.7. The van der Waals surface area contributed by atoms with Crippen LogP contribution < -0.4 is 11.1 Å². The predicted molar refractivity (Wildman–Crippen MR) is 120 cm³/mol. The summed E-state index contributed by atoms with van der Waals surface area (Å²) in [6.45, 7) is 2.99. The summed E-state index contributed by atoms with van der Waals surface area (Å²) in [7, 11) is 1.60. The molecule has 3 saturated heterocycles. The molecule has 3 N–H and O–H groups in total. The molecule has 0 radical (unpaired) electrons. The number of carbonyl (C=O) groups is 3. The first-order chi connectivity index (χ1) is 15.8. The van der Waals surface area contributed by atoms with Crippen molar-refractivity contribution >= 4 is 17.7 Å². The molecular formula is C24H30N6O3. The van der Waals surface area contributed by atoms with E-state index in [4.69, 9.17) is 5.73 Å². The van der Waals surface area contributed by atoms with Crippen LogP contribution in [0.15, 0.2) is 24.3 Å². The Balaban J connectivity index is 1.24. The summed E-state index contributed by atoms with van der Waals surface area (Å²) in [6, 6.07) is 8.30. The number of carbonyl (C=O) groups excluding carboxylic acids is 3. The minimum Gasteiger partial charge on any atom is -0.355 e. The second-order valence-corrected chi connectivity index (χ2v) is 9.78. The molecule has 1 aromatic rings. The highest BCUT2D eigenvalue weighted by atomic mass is 16.2. The van der Waals surface area contributed by atoms with E-state index < -0.39 is 6.04 Å². The summed E-state index contributed by atoms with van der Waals surface area (Å²) in [5.74, 6) is 0.171. The van der Waals surface area contributed by atoms with Crippen molar-refractivity contribution in [3.63, 3.8) is 0 Å². The van der Waals surface area contributed by atoms with Gasteiger partial charge in [-0.05, 0) is 49.8 Å². The van der Waals surface area contributed by atoms with E-state index in [1.165, 1.54) is 0 Å². The molecule has 1 aromatic carbocycles. The molecule has 4 aliphatic rings. The van der Waals surface area contributed by atoms with Crippen LogP contribution >= 0.6 is 0 Å². The van der Waals surface area contributed by atoms with E-state index in [1.54, 1.807) is 18.0 Å². The lowest BCUT2D eigenvalue weighted by molar-refractivity contribution is -0.141. The summed E-state index contributed by atoms with van der Waals surface area (Å²) in [4.78, 5) is 43.9. The number of nitrogens with zero attached hydrogens (tertiary/aromatic N) is 4. The molecule has 3 aliphatic heterocycles. The van der Waals surface area contributed by atoms with Crippen molar-refractivity contribution in [3.05, 3.63) is 35.4 Å². The van der Waals surface area contributed by atoms with Gasteiger partial charge in [0, 0.05) is 37.8 Å². The van der Waals surface area contributed by atoms with Crippen LogP contribution in [0.1, 0.15) is 48.1 Å². The lowest BCUT2D eigenvalue weighted by atomic mass is 10.0. The zero-order chi connectivity index (χ0) is 23.4. The van der Waals surface area contributed by atoms with Crippen LogP contribution in [0.4, 0.5) is 0 Å². The molecule has 1 unspecified atom stereocenters. The molecule has 1 aliphatic carbocycles. The third-order valence-electron chi connectivity index (χ3n) is 7.85. The SMILES string of the molecule is CNC(=O)c1cccc([C@H](C)N2C(=O)[C@@H]3C[C@H]2CN3C[C@H](N)C(=O)N2[C@H](C#N)CC3C[C@@H]32)c1. The Kier molecular flexibility index (Phi) is 5.38. The number of hydrogen-bond acceptors (Lipinski definition) is 6. The third-order valence-corrected chi connectivity index (χ3v) is 7.85. The maximum atomic E-state index is 13.3. The summed E-state index contributed by atoms with van der Waals surface area (Å²) < 4.78 is 0. The number of hydrogen-bond donors (Lipinski definition) is 2. The molecule has 9 nitrogen and oxygen atoms in total. The Labute approximate surface area is 193 Å². The van der Waals surface area contributed by atoms with Crippen LogP contribution in [0.3, 0.4) is 0 Å². The van der Waals surface area contributed by atoms with E-state index >= 15 is 0 Å². The Morgan fingerprint density at radius 2 is 2.09 bits per heavy atom. The topological polar surface area (TPSA) is 123 Å². The van der Waals surface area contributed by atoms with Gasteiger partial charge in [-0.2, -0.15) is 5.26 Å². The van der Waals surface area contributed by atoms with Crippen LogP contribution in [0.25, 0.3) is 0 Å². The fourth-order valence-electron chi connectivity index (χ4n) is 6.05. The monoisotopic (exact) mass is 450 g/mol. The third kappa shape index (κ3) is 3.58. The molecule has 0 aromatic heterocycles. The Hall–Kier alpha value is -2.96. The maximum absolute atomic E-state index is 13.3. The van der Waals surface area contributed by atoms with Crippen molar-refractivity contribution in [2.75, 3.05) is 20.1 Å². The van der Waals surface area contributed by atoms with E-state index in [-0.39, 0.29) is 47.9 Å². The second kappa shape index (κ2) is 8.12. The molecule has 4 fully saturated rings. The number of nitriles is 1. The molecule has 1 saturated carbocycles. The van der Waals surface area contributed by atoms with Crippen molar-refractivity contribution < 1.29 is 14.4 Å². The van der Waals surface area contributed by atoms with Gasteiger partial charge in [0.2, 0.25) is 11.8 Å². The highest BCUT2D eigenvalue weighted by molar-refractivity contribution is 5.94. The van der Waals surface area contributed by atoms with Gasteiger partial charge in [0.15, 0.2) is 0 Å². The number of piperazine rings is 1. The quantitative estimate of drug-likeness (QED) is 0.640. The molecule has 174 valence electrons. The summed E-state index contributed by atoms with van der Waals surface area (Å²) >= 11 is 0. The number of amides is 3. The van der Waals surface area contributed by atoms with Gasteiger partial charge >= 0.3 is 0 Å². The minimum absolute atomic E-state index is 0.0436. The average molecular weight is 451 g/mol. The molecule has 9 heteroatoms. The minimum atomic E-state index is -0.734. The summed E-state index contributed by atoms with van der Waals surface area (Å²) in [5, 5.41) is 12.0. The highest BCUT2D eigenvalue weighted by Gasteiger charge is 2.56. The van der Waals surface area contributed by atoms with Crippen molar-refractivity contribution in [1.29, 1.82) is 5.26 Å². The van der Waals surface area contributed by atoms with Gasteiger partial charge in [-0.15, -0.1) is 0 Å². The molecule has 3 heterocycles. The number of nitrogens with two attached hydrogens (primary N) is 1. The number of rotatable bonds is 6. The number of benzene rings is 1. The second-order valence-electron chi connectivity index (χ2n) is 9.78. The van der Waals surface area contributed by atoms with Gasteiger partial charge in [-0.1, -0.05) is 12.1 Å². The van der Waals surface area contributed by atoms with E-state index in [0.717, 1.165) is 18.4 Å². The first-order valence-electron chi connectivity index (χ1n) is 11.7. The van der Waals surface area contributed by atoms with Gasteiger partial charge in [0.05, 0.1) is 24.2 Å². The van der Waals surface area contributed by atoms with Crippen molar-refractivity contribution in [2.24, 2.45) is 11.7 Å². The van der Waals surface area contributed by atoms with Gasteiger partial charge < -0.3 is 20.9 Å². The summed E-state index contributed by atoms with van der Waals surface area (Å²) in [6.07, 6.45) is 2.44. The van der Waals surface area contributed by atoms with Crippen LogP contribution in [0.2, 0.25) is 0 Å². The lowest BCUT2D eigenvalue weighted by Crippen LogP contribution is -2.57. The molecule has 5 rings (SSSR count). The van der Waals surface area contributed by atoms with Crippen LogP contribution in [0, 0.1) is 17.2 Å². The van der Waals surface area contributed by atoms with Gasteiger partial charge in [0.1, 0.15) is 6.04 Å². The van der Waals surface area contributed by atoms with Crippen molar-refractivity contribution in [1.82, 2.24) is 20.0 Å². The van der Waals surface area contributed by atoms with Gasteiger partial charge in [-0.25, -0.2) is 0 Å². The normalized spacial score (nSPS) is 31.8. The predicted octanol–water partition coefficient (Wildman–Crippen LogP) is 0.233.